The highest BCUT2D eigenvalue weighted by Crippen LogP contribution is 2.19. The fourth-order valence-electron chi connectivity index (χ4n) is 3.66. The number of carbonyl (C=O) groups excluding carboxylic acids is 1. The van der Waals surface area contributed by atoms with Gasteiger partial charge in [0.05, 0.1) is 10.9 Å². The van der Waals surface area contributed by atoms with Gasteiger partial charge in [0.25, 0.3) is 5.56 Å². The number of aromatic nitrogens is 3. The maximum absolute atomic E-state index is 12.3. The molecule has 8 heteroatoms. The highest BCUT2D eigenvalue weighted by Gasteiger charge is 2.21. The third-order valence-electron chi connectivity index (χ3n) is 5.21. The molecule has 0 radical (unpaired) electrons. The van der Waals surface area contributed by atoms with Crippen LogP contribution in [0.5, 0.6) is 0 Å². The molecule has 2 aromatic heterocycles. The number of carbonyl (C=O) groups is 2. The molecule has 4 rings (SSSR count). The number of aliphatic carboxylic acids is 1. The fourth-order valence-corrected chi connectivity index (χ4v) is 3.66. The van der Waals surface area contributed by atoms with Crippen LogP contribution in [0.2, 0.25) is 0 Å². The van der Waals surface area contributed by atoms with E-state index in [4.69, 9.17) is 0 Å². The smallest absolute Gasteiger partial charge is 0.326 e. The summed E-state index contributed by atoms with van der Waals surface area (Å²) in [6.07, 6.45) is 2.94. The van der Waals surface area contributed by atoms with E-state index in [0.29, 0.717) is 29.6 Å². The molecular weight excluding hydrogens is 420 g/mol. The van der Waals surface area contributed by atoms with Gasteiger partial charge in [-0.1, -0.05) is 44.2 Å². The molecule has 0 spiro atoms. The molecule has 1 amide bonds. The van der Waals surface area contributed by atoms with Crippen molar-refractivity contribution in [3.8, 4) is 0 Å². The van der Waals surface area contributed by atoms with Gasteiger partial charge in [-0.25, -0.2) is 9.78 Å². The summed E-state index contributed by atoms with van der Waals surface area (Å²) >= 11 is 0. The van der Waals surface area contributed by atoms with Gasteiger partial charge < -0.3 is 20.4 Å². The van der Waals surface area contributed by atoms with E-state index in [1.165, 1.54) is 0 Å². The SMILES string of the molecule is CC.O=C(CCCc1nc2ccccc2c(=O)[nH]1)NC(Cc1c[nH]c2ccccc12)C(=O)O. The van der Waals surface area contributed by atoms with Gasteiger partial charge in [-0.3, -0.25) is 9.59 Å². The first-order valence-electron chi connectivity index (χ1n) is 11.1. The maximum atomic E-state index is 12.3. The fraction of sp³-hybridized carbons (Fsp3) is 0.280. The van der Waals surface area contributed by atoms with Crippen molar-refractivity contribution in [3.63, 3.8) is 0 Å². The van der Waals surface area contributed by atoms with E-state index in [9.17, 15) is 19.5 Å². The quantitative estimate of drug-likeness (QED) is 0.328. The number of nitrogens with one attached hydrogen (secondary N) is 3. The summed E-state index contributed by atoms with van der Waals surface area (Å²) in [5, 5.41) is 13.6. The summed E-state index contributed by atoms with van der Waals surface area (Å²) < 4.78 is 0. The Labute approximate surface area is 191 Å². The van der Waals surface area contributed by atoms with E-state index in [-0.39, 0.29) is 24.3 Å². The predicted molar refractivity (Wildman–Crippen MR) is 128 cm³/mol. The lowest BCUT2D eigenvalue weighted by Gasteiger charge is -2.14. The largest absolute Gasteiger partial charge is 0.480 e. The predicted octanol–water partition coefficient (Wildman–Crippen LogP) is 3.57. The van der Waals surface area contributed by atoms with Crippen molar-refractivity contribution in [1.82, 2.24) is 20.3 Å². The normalized spacial score (nSPS) is 11.6. The zero-order chi connectivity index (χ0) is 23.8. The molecule has 33 heavy (non-hydrogen) atoms. The second-order valence-electron chi connectivity index (χ2n) is 7.41. The molecule has 0 fully saturated rings. The molecule has 0 aliphatic carbocycles. The van der Waals surface area contributed by atoms with E-state index in [2.05, 4.69) is 20.3 Å². The van der Waals surface area contributed by atoms with Crippen molar-refractivity contribution in [1.29, 1.82) is 0 Å². The Kier molecular flexibility index (Phi) is 7.96. The number of benzene rings is 2. The number of carboxylic acids is 1. The van der Waals surface area contributed by atoms with Crippen LogP contribution in [0.1, 0.15) is 38.1 Å². The number of H-pyrrole nitrogens is 2. The zero-order valence-electron chi connectivity index (χ0n) is 18.7. The standard InChI is InChI=1S/C23H22N4O4.C2H6/c28-21(11-5-10-20-25-18-9-4-2-7-16(18)22(29)27-20)26-19(23(30)31)12-14-13-24-17-8-3-1-6-15(14)17;1-2/h1-4,6-9,13,19,24H,5,10-12H2,(H,26,28)(H,30,31)(H,25,27,29);1-2H3. The van der Waals surface area contributed by atoms with Crippen LogP contribution in [0.15, 0.2) is 59.5 Å². The summed E-state index contributed by atoms with van der Waals surface area (Å²) in [5.41, 5.74) is 2.15. The van der Waals surface area contributed by atoms with Crippen LogP contribution < -0.4 is 10.9 Å². The molecule has 4 aromatic rings. The summed E-state index contributed by atoms with van der Waals surface area (Å²) in [6, 6.07) is 13.7. The Hall–Kier alpha value is -3.94. The van der Waals surface area contributed by atoms with E-state index in [1.54, 1.807) is 24.4 Å². The van der Waals surface area contributed by atoms with Crippen LogP contribution in [0.4, 0.5) is 0 Å². The maximum Gasteiger partial charge on any atom is 0.326 e. The second-order valence-corrected chi connectivity index (χ2v) is 7.41. The van der Waals surface area contributed by atoms with Crippen LogP contribution in [0.25, 0.3) is 21.8 Å². The Balaban J connectivity index is 0.00000149. The molecule has 1 unspecified atom stereocenters. The first kappa shape index (κ1) is 23.7. The molecular formula is C25H28N4O4. The lowest BCUT2D eigenvalue weighted by Crippen LogP contribution is -2.42. The number of amides is 1. The van der Waals surface area contributed by atoms with Gasteiger partial charge in [-0.15, -0.1) is 0 Å². The Morgan fingerprint density at radius 3 is 2.52 bits per heavy atom. The first-order chi connectivity index (χ1) is 16.0. The number of rotatable bonds is 8. The summed E-state index contributed by atoms with van der Waals surface area (Å²) in [5.74, 6) is -0.931. The molecule has 1 atom stereocenters. The highest BCUT2D eigenvalue weighted by molar-refractivity contribution is 5.86. The number of carboxylic acid groups (broad SMARTS) is 1. The van der Waals surface area contributed by atoms with Gasteiger partial charge in [-0.05, 0) is 30.2 Å². The van der Waals surface area contributed by atoms with Crippen LogP contribution >= 0.6 is 0 Å². The van der Waals surface area contributed by atoms with Crippen molar-refractivity contribution < 1.29 is 14.7 Å². The third-order valence-corrected chi connectivity index (χ3v) is 5.21. The van der Waals surface area contributed by atoms with Gasteiger partial charge in [0.2, 0.25) is 5.91 Å². The van der Waals surface area contributed by atoms with Gasteiger partial charge in [0.1, 0.15) is 11.9 Å². The summed E-state index contributed by atoms with van der Waals surface area (Å²) in [4.78, 5) is 46.4. The average molecular weight is 449 g/mol. The minimum absolute atomic E-state index is 0.133. The van der Waals surface area contributed by atoms with Crippen LogP contribution in [0.3, 0.4) is 0 Å². The number of fused-ring (bicyclic) bond motifs is 2. The molecule has 0 saturated heterocycles. The number of aryl methyl sites for hydroxylation is 1. The van der Waals surface area contributed by atoms with Gasteiger partial charge in [0, 0.05) is 36.4 Å². The zero-order valence-corrected chi connectivity index (χ0v) is 18.7. The minimum atomic E-state index is -1.08. The minimum Gasteiger partial charge on any atom is -0.480 e. The molecule has 172 valence electrons. The summed E-state index contributed by atoms with van der Waals surface area (Å²) in [7, 11) is 0. The first-order valence-corrected chi connectivity index (χ1v) is 11.1. The van der Waals surface area contributed by atoms with Gasteiger partial charge >= 0.3 is 5.97 Å². The van der Waals surface area contributed by atoms with Crippen molar-refractivity contribution in [3.05, 3.63) is 76.5 Å². The third kappa shape index (κ3) is 5.85. The van der Waals surface area contributed by atoms with E-state index >= 15 is 0 Å². The molecule has 8 nitrogen and oxygen atoms in total. The number of aromatic amines is 2. The van der Waals surface area contributed by atoms with Crippen molar-refractivity contribution in [2.45, 2.75) is 45.6 Å². The van der Waals surface area contributed by atoms with Gasteiger partial charge in [-0.2, -0.15) is 0 Å². The molecule has 2 aromatic carbocycles. The molecule has 2 heterocycles. The van der Waals surface area contributed by atoms with Crippen LogP contribution in [-0.2, 0) is 22.4 Å². The summed E-state index contributed by atoms with van der Waals surface area (Å²) in [6.45, 7) is 4.00. The highest BCUT2D eigenvalue weighted by atomic mass is 16.4. The van der Waals surface area contributed by atoms with Gasteiger partial charge in [0.15, 0.2) is 0 Å². The molecule has 4 N–H and O–H groups in total. The molecule has 0 aliphatic rings. The molecule has 0 aliphatic heterocycles. The molecule has 0 saturated carbocycles. The number of hydrogen-bond donors (Lipinski definition) is 4. The topological polar surface area (TPSA) is 128 Å². The lowest BCUT2D eigenvalue weighted by molar-refractivity contribution is -0.141. The van der Waals surface area contributed by atoms with Crippen LogP contribution in [-0.4, -0.2) is 38.0 Å². The van der Waals surface area contributed by atoms with Crippen molar-refractivity contribution >= 4 is 33.7 Å². The number of para-hydroxylation sites is 2. The Morgan fingerprint density at radius 1 is 1.06 bits per heavy atom. The van der Waals surface area contributed by atoms with Crippen molar-refractivity contribution in [2.75, 3.05) is 0 Å². The van der Waals surface area contributed by atoms with Crippen LogP contribution in [0, 0.1) is 0 Å². The number of nitrogens with zero attached hydrogens (tertiary/aromatic N) is 1. The molecule has 0 bridgehead atoms. The Morgan fingerprint density at radius 2 is 1.76 bits per heavy atom. The monoisotopic (exact) mass is 448 g/mol. The Bertz CT molecular complexity index is 1310. The average Bonchev–Trinajstić information content (AvgIpc) is 3.23. The van der Waals surface area contributed by atoms with E-state index in [0.717, 1.165) is 16.5 Å². The van der Waals surface area contributed by atoms with Crippen molar-refractivity contribution in [2.24, 2.45) is 0 Å². The lowest BCUT2D eigenvalue weighted by atomic mass is 10.0. The van der Waals surface area contributed by atoms with E-state index < -0.39 is 12.0 Å². The number of hydrogen-bond acceptors (Lipinski definition) is 4. The second kappa shape index (κ2) is 11.1. The van der Waals surface area contributed by atoms with E-state index in [1.807, 2.05) is 44.2 Å².